The Hall–Kier alpha value is -5.35. The van der Waals surface area contributed by atoms with Crippen LogP contribution in [0.3, 0.4) is 0 Å². The maximum atomic E-state index is 13.3. The fourth-order valence-corrected chi connectivity index (χ4v) is 5.40. The molecule has 2 amide bonds. The van der Waals surface area contributed by atoms with Gasteiger partial charge in [0.05, 0.1) is 18.2 Å². The third-order valence-electron chi connectivity index (χ3n) is 6.34. The van der Waals surface area contributed by atoms with Gasteiger partial charge in [0.25, 0.3) is 5.91 Å². The van der Waals surface area contributed by atoms with Gasteiger partial charge in [-0.15, -0.1) is 11.3 Å². The second kappa shape index (κ2) is 12.0. The zero-order chi connectivity index (χ0) is 33.4. The molecule has 240 valence electrons. The van der Waals surface area contributed by atoms with Crippen LogP contribution in [-0.4, -0.2) is 95.0 Å². The number of carbonyl (C=O) groups is 4. The Balaban J connectivity index is 1.54. The maximum absolute atomic E-state index is 13.3. The summed E-state index contributed by atoms with van der Waals surface area (Å²) in [6.45, 7) is 1.67. The SMILES string of the molecule is CC(C)(O/N=C(\C(=O)C[C@@H]1C(=O)N(S(=O)(=O)O)[C@@H]1CNC(=O)c1cc(-c2cc(=O)c(O)cn2O)no1)c1csc(N)n1)C(=O)O. The first-order chi connectivity index (χ1) is 20.9. The normalized spacial score (nSPS) is 17.1. The highest BCUT2D eigenvalue weighted by Crippen LogP contribution is 2.33. The van der Waals surface area contributed by atoms with Crippen molar-refractivity contribution in [1.29, 1.82) is 0 Å². The van der Waals surface area contributed by atoms with Gasteiger partial charge in [-0.25, -0.2) is 14.1 Å². The van der Waals surface area contributed by atoms with Crippen molar-refractivity contribution in [3.8, 4) is 17.1 Å². The number of oxime groups is 1. The molecule has 4 heterocycles. The van der Waals surface area contributed by atoms with Gasteiger partial charge in [0.1, 0.15) is 17.1 Å². The number of hydrogen-bond donors (Lipinski definition) is 6. The zero-order valence-electron chi connectivity index (χ0n) is 23.0. The first-order valence-corrected chi connectivity index (χ1v) is 14.6. The highest BCUT2D eigenvalue weighted by atomic mass is 32.2. The largest absolute Gasteiger partial charge is 0.503 e. The van der Waals surface area contributed by atoms with Gasteiger partial charge in [-0.1, -0.05) is 10.3 Å². The molecule has 2 atom stereocenters. The molecule has 22 heteroatoms. The van der Waals surface area contributed by atoms with E-state index in [0.29, 0.717) is 10.9 Å². The lowest BCUT2D eigenvalue weighted by molar-refractivity contribution is -0.161. The topological polar surface area (TPSA) is 307 Å². The van der Waals surface area contributed by atoms with Crippen molar-refractivity contribution >= 4 is 56.1 Å². The highest BCUT2D eigenvalue weighted by molar-refractivity contribution is 7.84. The monoisotopic (exact) mass is 669 g/mol. The molecular formula is C23H23N7O13S2. The number of aromatic hydroxyl groups is 1. The summed E-state index contributed by atoms with van der Waals surface area (Å²) in [7, 11) is -5.14. The molecule has 1 aliphatic heterocycles. The summed E-state index contributed by atoms with van der Waals surface area (Å²) >= 11 is 0.916. The Morgan fingerprint density at radius 3 is 2.56 bits per heavy atom. The second-order valence-electron chi connectivity index (χ2n) is 9.87. The predicted octanol–water partition coefficient (Wildman–Crippen LogP) is -0.912. The number of Topliss-reactive ketones (excluding diaryl/α,β-unsaturated/α-hetero) is 1. The van der Waals surface area contributed by atoms with Crippen molar-refractivity contribution < 1.29 is 56.9 Å². The minimum atomic E-state index is -5.14. The average Bonchev–Trinajstić information content (AvgIpc) is 3.60. The van der Waals surface area contributed by atoms with Crippen LogP contribution < -0.4 is 16.5 Å². The Morgan fingerprint density at radius 2 is 1.96 bits per heavy atom. The summed E-state index contributed by atoms with van der Waals surface area (Å²) < 4.78 is 38.7. The van der Waals surface area contributed by atoms with Crippen molar-refractivity contribution in [3.63, 3.8) is 0 Å². The van der Waals surface area contributed by atoms with Crippen LogP contribution in [0.4, 0.5) is 5.13 Å². The lowest BCUT2D eigenvalue weighted by Gasteiger charge is -2.43. The minimum Gasteiger partial charge on any atom is -0.503 e. The van der Waals surface area contributed by atoms with Crippen LogP contribution >= 0.6 is 11.3 Å². The first-order valence-electron chi connectivity index (χ1n) is 12.4. The van der Waals surface area contributed by atoms with Gasteiger partial charge in [-0.05, 0) is 13.8 Å². The van der Waals surface area contributed by atoms with Gasteiger partial charge in [-0.2, -0.15) is 13.1 Å². The van der Waals surface area contributed by atoms with Crippen LogP contribution in [0.2, 0.25) is 0 Å². The first kappa shape index (κ1) is 32.6. The summed E-state index contributed by atoms with van der Waals surface area (Å²) in [5.41, 5.74) is 1.78. The van der Waals surface area contributed by atoms with Crippen molar-refractivity contribution in [2.45, 2.75) is 31.9 Å². The average molecular weight is 670 g/mol. The molecule has 0 spiro atoms. The van der Waals surface area contributed by atoms with E-state index in [2.05, 4.69) is 20.6 Å². The van der Waals surface area contributed by atoms with Crippen LogP contribution in [0.25, 0.3) is 11.4 Å². The fourth-order valence-electron chi connectivity index (χ4n) is 3.93. The van der Waals surface area contributed by atoms with E-state index in [4.69, 9.17) is 15.1 Å². The lowest BCUT2D eigenvalue weighted by Crippen LogP contribution is -2.66. The van der Waals surface area contributed by atoms with Crippen molar-refractivity contribution in [1.82, 2.24) is 24.5 Å². The van der Waals surface area contributed by atoms with Crippen molar-refractivity contribution in [3.05, 3.63) is 45.4 Å². The van der Waals surface area contributed by atoms with E-state index in [1.54, 1.807) is 0 Å². The van der Waals surface area contributed by atoms with Crippen LogP contribution in [-0.2, 0) is 29.5 Å². The van der Waals surface area contributed by atoms with Crippen LogP contribution in [0.1, 0.15) is 36.5 Å². The van der Waals surface area contributed by atoms with Gasteiger partial charge >= 0.3 is 16.3 Å². The van der Waals surface area contributed by atoms with E-state index in [-0.39, 0.29) is 26.5 Å². The molecule has 3 aromatic rings. The number of amides is 2. The molecule has 45 heavy (non-hydrogen) atoms. The number of carboxylic acid groups (broad SMARTS) is 1. The molecule has 0 radical (unpaired) electrons. The Kier molecular flexibility index (Phi) is 8.66. The number of nitrogen functional groups attached to an aromatic ring is 1. The number of pyridine rings is 1. The Labute approximate surface area is 255 Å². The molecule has 1 aliphatic rings. The Morgan fingerprint density at radius 1 is 1.27 bits per heavy atom. The third kappa shape index (κ3) is 6.76. The minimum absolute atomic E-state index is 0.0177. The molecule has 1 saturated heterocycles. The number of aliphatic carboxylic acids is 1. The number of nitrogens with one attached hydrogen (secondary N) is 1. The number of nitrogens with two attached hydrogens (primary N) is 1. The van der Waals surface area contributed by atoms with E-state index < -0.39 is 87.0 Å². The van der Waals surface area contributed by atoms with Crippen LogP contribution in [0, 0.1) is 5.92 Å². The Bertz CT molecular complexity index is 1890. The molecule has 3 aromatic heterocycles. The van der Waals surface area contributed by atoms with Gasteiger partial charge in [0, 0.05) is 30.5 Å². The van der Waals surface area contributed by atoms with E-state index in [1.807, 2.05) is 0 Å². The number of carboxylic acids is 1. The second-order valence-corrected chi connectivity index (χ2v) is 12.0. The predicted molar refractivity (Wildman–Crippen MR) is 149 cm³/mol. The summed E-state index contributed by atoms with van der Waals surface area (Å²) in [4.78, 5) is 70.8. The number of carbonyl (C=O) groups excluding carboxylic acids is 3. The number of anilines is 1. The van der Waals surface area contributed by atoms with Gasteiger partial charge in [0.15, 0.2) is 22.4 Å². The number of nitrogens with zero attached hydrogens (tertiary/aromatic N) is 5. The van der Waals surface area contributed by atoms with E-state index in [1.165, 1.54) is 5.38 Å². The standard InChI is InChI=1S/C23H23N7O13S2/c1-23(2,21(36)37)43-28-18(11-8-44-22(24)26-11)15(32)3-9-13(30(20(9)35)45(39,40)41)6-25-19(34)17-4-10(27-42-17)12-5-14(31)16(33)7-29(12)38/h4-5,7-9,13,33,38H,3,6H2,1-2H3,(H2,24,26)(H,25,34)(H,36,37)(H,39,40,41)/b28-18-/t9-,13+/m0/s1. The maximum Gasteiger partial charge on any atom is 0.362 e. The molecule has 4 rings (SSSR count). The molecule has 0 unspecified atom stereocenters. The summed E-state index contributed by atoms with van der Waals surface area (Å²) in [6.07, 6.45) is -0.0520. The van der Waals surface area contributed by atoms with Gasteiger partial charge in [-0.3, -0.25) is 23.7 Å². The summed E-state index contributed by atoms with van der Waals surface area (Å²) in [6, 6.07) is 0.328. The molecule has 20 nitrogen and oxygen atoms in total. The van der Waals surface area contributed by atoms with Crippen LogP contribution in [0.15, 0.2) is 38.2 Å². The molecule has 0 aliphatic carbocycles. The molecule has 1 fully saturated rings. The number of rotatable bonds is 12. The third-order valence-corrected chi connectivity index (χ3v) is 7.96. The molecule has 7 N–H and O–H groups in total. The molecule has 0 saturated carbocycles. The molecule has 0 bridgehead atoms. The van der Waals surface area contributed by atoms with E-state index in [0.717, 1.165) is 37.3 Å². The number of β-lactam (4-membered cyclic amide) rings is 1. The van der Waals surface area contributed by atoms with Crippen molar-refractivity contribution in [2.24, 2.45) is 11.1 Å². The van der Waals surface area contributed by atoms with E-state index in [9.17, 15) is 52.4 Å². The fraction of sp³-hybridized carbons (Fsp3) is 0.304. The van der Waals surface area contributed by atoms with Crippen LogP contribution in [0.5, 0.6) is 5.75 Å². The number of ketones is 1. The zero-order valence-corrected chi connectivity index (χ0v) is 24.6. The summed E-state index contributed by atoms with van der Waals surface area (Å²) in [5.74, 6) is -7.24. The number of thiazole rings is 1. The lowest BCUT2D eigenvalue weighted by atomic mass is 9.84. The summed E-state index contributed by atoms with van der Waals surface area (Å²) in [5, 5.41) is 39.4. The quantitative estimate of drug-likeness (QED) is 0.0447. The highest BCUT2D eigenvalue weighted by Gasteiger charge is 2.54. The smallest absolute Gasteiger partial charge is 0.362 e. The van der Waals surface area contributed by atoms with E-state index >= 15 is 0 Å². The number of aromatic nitrogens is 3. The molecule has 0 aromatic carbocycles. The van der Waals surface area contributed by atoms with Gasteiger partial charge < -0.3 is 35.8 Å². The van der Waals surface area contributed by atoms with Gasteiger partial charge in [0.2, 0.25) is 22.7 Å². The number of hydrogen-bond acceptors (Lipinski definition) is 16. The van der Waals surface area contributed by atoms with Crippen molar-refractivity contribution in [2.75, 3.05) is 12.3 Å². The molecular weight excluding hydrogens is 646 g/mol.